The third-order valence-electron chi connectivity index (χ3n) is 3.25. The van der Waals surface area contributed by atoms with Crippen molar-refractivity contribution in [3.05, 3.63) is 48.0 Å². The van der Waals surface area contributed by atoms with Crippen molar-refractivity contribution in [2.45, 2.75) is 20.3 Å². The molecule has 2 aromatic carbocycles. The molecule has 0 unspecified atom stereocenters. The van der Waals surface area contributed by atoms with Gasteiger partial charge in [-0.05, 0) is 43.7 Å². The zero-order valence-electron chi connectivity index (χ0n) is 14.0. The van der Waals surface area contributed by atoms with E-state index in [1.165, 1.54) is 0 Å². The zero-order chi connectivity index (χ0) is 16.5. The average Bonchev–Trinajstić information content (AvgIpc) is 2.56. The molecule has 0 saturated carbocycles. The Labute approximate surface area is 137 Å². The molecule has 0 saturated heterocycles. The molecule has 0 aliphatic carbocycles. The maximum absolute atomic E-state index is 5.75. The van der Waals surface area contributed by atoms with Gasteiger partial charge in [0.15, 0.2) is 11.5 Å². The van der Waals surface area contributed by atoms with E-state index < -0.39 is 0 Å². The van der Waals surface area contributed by atoms with Gasteiger partial charge in [0.1, 0.15) is 11.5 Å². The maximum Gasteiger partial charge on any atom is 0.161 e. The second-order valence-electron chi connectivity index (χ2n) is 5.11. The van der Waals surface area contributed by atoms with Gasteiger partial charge in [0, 0.05) is 12.5 Å². The van der Waals surface area contributed by atoms with Crippen molar-refractivity contribution in [3.63, 3.8) is 0 Å². The summed E-state index contributed by atoms with van der Waals surface area (Å²) < 4.78 is 22.2. The lowest BCUT2D eigenvalue weighted by Crippen LogP contribution is -2.06. The van der Waals surface area contributed by atoms with Crippen LogP contribution in [0, 0.1) is 6.92 Å². The minimum Gasteiger partial charge on any atom is -0.494 e. The van der Waals surface area contributed by atoms with Gasteiger partial charge >= 0.3 is 0 Å². The number of ether oxygens (including phenoxy) is 4. The van der Waals surface area contributed by atoms with Gasteiger partial charge in [-0.1, -0.05) is 12.1 Å². The van der Waals surface area contributed by atoms with E-state index in [9.17, 15) is 0 Å². The predicted octanol–water partition coefficient (Wildman–Crippen LogP) is 4.25. The highest BCUT2D eigenvalue weighted by Gasteiger charge is 2.04. The average molecular weight is 316 g/mol. The molecule has 0 N–H and O–H groups in total. The number of benzene rings is 2. The molecule has 0 aliphatic rings. The van der Waals surface area contributed by atoms with Crippen LogP contribution < -0.4 is 18.9 Å². The van der Waals surface area contributed by atoms with Gasteiger partial charge in [-0.25, -0.2) is 0 Å². The van der Waals surface area contributed by atoms with Crippen molar-refractivity contribution in [2.75, 3.05) is 26.9 Å². The molecular formula is C19H24O4. The summed E-state index contributed by atoms with van der Waals surface area (Å²) in [7, 11) is 1.65. The third kappa shape index (κ3) is 5.40. The monoisotopic (exact) mass is 316 g/mol. The van der Waals surface area contributed by atoms with E-state index in [0.29, 0.717) is 19.8 Å². The molecule has 0 bridgehead atoms. The van der Waals surface area contributed by atoms with E-state index in [1.54, 1.807) is 7.11 Å². The molecule has 124 valence electrons. The van der Waals surface area contributed by atoms with Crippen LogP contribution in [0.25, 0.3) is 0 Å². The van der Waals surface area contributed by atoms with Crippen molar-refractivity contribution in [3.8, 4) is 23.0 Å². The van der Waals surface area contributed by atoms with Crippen LogP contribution in [0.3, 0.4) is 0 Å². The summed E-state index contributed by atoms with van der Waals surface area (Å²) in [6.45, 7) is 5.80. The molecule has 23 heavy (non-hydrogen) atoms. The highest BCUT2D eigenvalue weighted by Crippen LogP contribution is 2.27. The van der Waals surface area contributed by atoms with Crippen molar-refractivity contribution in [2.24, 2.45) is 0 Å². The second kappa shape index (κ2) is 8.93. The smallest absolute Gasteiger partial charge is 0.161 e. The number of hydrogen-bond donors (Lipinski definition) is 0. The molecule has 2 rings (SSSR count). The van der Waals surface area contributed by atoms with Crippen LogP contribution in [0.5, 0.6) is 23.0 Å². The number of methoxy groups -OCH3 is 1. The van der Waals surface area contributed by atoms with E-state index in [0.717, 1.165) is 35.0 Å². The Morgan fingerprint density at radius 3 is 2.30 bits per heavy atom. The maximum atomic E-state index is 5.75. The SMILES string of the molecule is CCOc1cccc(OCCCOc2ccc(C)cc2OC)c1. The van der Waals surface area contributed by atoms with E-state index >= 15 is 0 Å². The normalized spacial score (nSPS) is 10.2. The zero-order valence-corrected chi connectivity index (χ0v) is 14.0. The van der Waals surface area contributed by atoms with E-state index in [4.69, 9.17) is 18.9 Å². The Bertz CT molecular complexity index is 610. The Balaban J connectivity index is 1.75. The molecule has 2 aromatic rings. The topological polar surface area (TPSA) is 36.9 Å². The summed E-state index contributed by atoms with van der Waals surface area (Å²) in [5.74, 6) is 3.15. The quantitative estimate of drug-likeness (QED) is 0.648. The predicted molar refractivity (Wildman–Crippen MR) is 90.9 cm³/mol. The summed E-state index contributed by atoms with van der Waals surface area (Å²) >= 11 is 0. The highest BCUT2D eigenvalue weighted by atomic mass is 16.5. The fourth-order valence-corrected chi connectivity index (χ4v) is 2.15. The van der Waals surface area contributed by atoms with Gasteiger partial charge in [0.25, 0.3) is 0 Å². The first-order chi connectivity index (χ1) is 11.2. The van der Waals surface area contributed by atoms with E-state index in [1.807, 2.05) is 56.3 Å². The van der Waals surface area contributed by atoms with E-state index in [2.05, 4.69) is 0 Å². The van der Waals surface area contributed by atoms with Gasteiger partial charge in [-0.3, -0.25) is 0 Å². The molecule has 0 atom stereocenters. The molecule has 0 spiro atoms. The number of rotatable bonds is 9. The molecule has 0 radical (unpaired) electrons. The number of hydrogen-bond acceptors (Lipinski definition) is 4. The molecule has 4 nitrogen and oxygen atoms in total. The van der Waals surface area contributed by atoms with Crippen molar-refractivity contribution >= 4 is 0 Å². The van der Waals surface area contributed by atoms with Crippen molar-refractivity contribution < 1.29 is 18.9 Å². The fourth-order valence-electron chi connectivity index (χ4n) is 2.15. The molecule has 0 aromatic heterocycles. The van der Waals surface area contributed by atoms with Crippen LogP contribution in [0.4, 0.5) is 0 Å². The lowest BCUT2D eigenvalue weighted by molar-refractivity contribution is 0.239. The van der Waals surface area contributed by atoms with Crippen LogP contribution in [-0.2, 0) is 0 Å². The Morgan fingerprint density at radius 1 is 0.826 bits per heavy atom. The van der Waals surface area contributed by atoms with Crippen LogP contribution in [0.1, 0.15) is 18.9 Å². The van der Waals surface area contributed by atoms with Crippen LogP contribution in [0.2, 0.25) is 0 Å². The van der Waals surface area contributed by atoms with E-state index in [-0.39, 0.29) is 0 Å². The summed E-state index contributed by atoms with van der Waals surface area (Å²) in [5, 5.41) is 0. The number of aryl methyl sites for hydroxylation is 1. The first kappa shape index (κ1) is 17.0. The fraction of sp³-hybridized carbons (Fsp3) is 0.368. The first-order valence-electron chi connectivity index (χ1n) is 7.86. The lowest BCUT2D eigenvalue weighted by atomic mass is 10.2. The first-order valence-corrected chi connectivity index (χ1v) is 7.86. The van der Waals surface area contributed by atoms with Crippen LogP contribution >= 0.6 is 0 Å². The van der Waals surface area contributed by atoms with Gasteiger partial charge in [-0.15, -0.1) is 0 Å². The second-order valence-corrected chi connectivity index (χ2v) is 5.11. The molecular weight excluding hydrogens is 292 g/mol. The minimum atomic E-state index is 0.574. The summed E-state index contributed by atoms with van der Waals surface area (Å²) in [6, 6.07) is 13.6. The standard InChI is InChI=1S/C19H24O4/c1-4-21-16-7-5-8-17(14-16)22-11-6-12-23-18-10-9-15(2)13-19(18)20-3/h5,7-10,13-14H,4,6,11-12H2,1-3H3. The lowest BCUT2D eigenvalue weighted by Gasteiger charge is -2.12. The summed E-state index contributed by atoms with van der Waals surface area (Å²) in [5.41, 5.74) is 1.15. The van der Waals surface area contributed by atoms with Crippen molar-refractivity contribution in [1.82, 2.24) is 0 Å². The van der Waals surface area contributed by atoms with Crippen molar-refractivity contribution in [1.29, 1.82) is 0 Å². The Kier molecular flexibility index (Phi) is 6.60. The van der Waals surface area contributed by atoms with Gasteiger partial charge in [-0.2, -0.15) is 0 Å². The molecule has 0 heterocycles. The largest absolute Gasteiger partial charge is 0.494 e. The Hall–Kier alpha value is -2.36. The minimum absolute atomic E-state index is 0.574. The summed E-state index contributed by atoms with van der Waals surface area (Å²) in [4.78, 5) is 0. The van der Waals surface area contributed by atoms with Crippen LogP contribution in [0.15, 0.2) is 42.5 Å². The molecule has 0 aliphatic heterocycles. The van der Waals surface area contributed by atoms with Gasteiger partial charge in [0.2, 0.25) is 0 Å². The molecule has 0 amide bonds. The highest BCUT2D eigenvalue weighted by molar-refractivity contribution is 5.42. The molecule has 4 heteroatoms. The van der Waals surface area contributed by atoms with Gasteiger partial charge in [0.05, 0.1) is 26.9 Å². The van der Waals surface area contributed by atoms with Gasteiger partial charge < -0.3 is 18.9 Å². The van der Waals surface area contributed by atoms with Crippen LogP contribution in [-0.4, -0.2) is 26.9 Å². The summed E-state index contributed by atoms with van der Waals surface area (Å²) in [6.07, 6.45) is 0.788. The third-order valence-corrected chi connectivity index (χ3v) is 3.25. The molecule has 0 fully saturated rings. The Morgan fingerprint density at radius 2 is 1.57 bits per heavy atom.